The summed E-state index contributed by atoms with van der Waals surface area (Å²) in [5, 5.41) is 2.44. The van der Waals surface area contributed by atoms with E-state index < -0.39 is 0 Å². The van der Waals surface area contributed by atoms with Crippen LogP contribution in [0.25, 0.3) is 22.9 Å². The summed E-state index contributed by atoms with van der Waals surface area (Å²) >= 11 is 0. The van der Waals surface area contributed by atoms with E-state index >= 15 is 0 Å². The molecule has 2 aliphatic rings. The molecule has 1 aliphatic carbocycles. The van der Waals surface area contributed by atoms with Crippen molar-refractivity contribution in [3.63, 3.8) is 0 Å². The molecule has 1 fully saturated rings. The lowest BCUT2D eigenvalue weighted by Crippen LogP contribution is -2.34. The normalized spacial score (nSPS) is 23.5. The second kappa shape index (κ2) is 9.28. The van der Waals surface area contributed by atoms with E-state index in [1.807, 2.05) is 12.1 Å². The largest absolute Gasteiger partial charge is 0.330 e. The minimum atomic E-state index is -0.375. The monoisotopic (exact) mass is 469 g/mol. The molecule has 0 radical (unpaired) electrons. The molecule has 0 N–H and O–H groups in total. The highest BCUT2D eigenvalue weighted by molar-refractivity contribution is 5.95. The maximum Gasteiger partial charge on any atom is 0.230 e. The van der Waals surface area contributed by atoms with Gasteiger partial charge in [0.1, 0.15) is 0 Å². The van der Waals surface area contributed by atoms with Crippen molar-refractivity contribution in [3.8, 4) is 0 Å². The number of fused-ring (bicyclic) bond motifs is 2. The highest BCUT2D eigenvalue weighted by atomic mass is 16.2. The van der Waals surface area contributed by atoms with Gasteiger partial charge in [0.25, 0.3) is 0 Å². The van der Waals surface area contributed by atoms with Gasteiger partial charge in [0.2, 0.25) is 5.91 Å². The first-order valence-corrected chi connectivity index (χ1v) is 12.9. The Bertz CT molecular complexity index is 1450. The molecular weight excluding hydrogens is 438 g/mol. The summed E-state index contributed by atoms with van der Waals surface area (Å²) in [6.07, 6.45) is 10.9. The average Bonchev–Trinajstić information content (AvgIpc) is 3.14. The molecule has 0 aromatic heterocycles. The van der Waals surface area contributed by atoms with Crippen LogP contribution in [0.3, 0.4) is 0 Å². The van der Waals surface area contributed by atoms with E-state index in [0.717, 1.165) is 12.8 Å². The molecule has 4 aromatic carbocycles. The van der Waals surface area contributed by atoms with Gasteiger partial charge < -0.3 is 4.90 Å². The fourth-order valence-electron chi connectivity index (χ4n) is 6.17. The van der Waals surface area contributed by atoms with Crippen LogP contribution in [-0.4, -0.2) is 10.8 Å². The summed E-state index contributed by atoms with van der Waals surface area (Å²) in [7, 11) is 0. The molecule has 0 unspecified atom stereocenters. The summed E-state index contributed by atoms with van der Waals surface area (Å²) in [6, 6.07) is 33.9. The summed E-state index contributed by atoms with van der Waals surface area (Å²) in [6.45, 7) is 2.81. The van der Waals surface area contributed by atoms with Crippen LogP contribution in [0.15, 0.2) is 109 Å². The Morgan fingerprint density at radius 3 is 2.39 bits per heavy atom. The fraction of sp³-hybridized carbons (Fsp3) is 0.206. The van der Waals surface area contributed by atoms with Crippen molar-refractivity contribution in [1.29, 1.82) is 0 Å². The van der Waals surface area contributed by atoms with E-state index in [4.69, 9.17) is 0 Å². The van der Waals surface area contributed by atoms with Crippen LogP contribution < -0.4 is 0 Å². The van der Waals surface area contributed by atoms with Crippen molar-refractivity contribution >= 4 is 28.8 Å². The van der Waals surface area contributed by atoms with Gasteiger partial charge in [0.15, 0.2) is 0 Å². The van der Waals surface area contributed by atoms with Crippen molar-refractivity contribution in [2.24, 2.45) is 11.3 Å². The maximum atomic E-state index is 14.1. The molecule has 1 saturated heterocycles. The van der Waals surface area contributed by atoms with Crippen molar-refractivity contribution in [2.75, 3.05) is 0 Å². The third-order valence-electron chi connectivity index (χ3n) is 8.10. The third kappa shape index (κ3) is 3.87. The molecule has 1 aliphatic heterocycles. The van der Waals surface area contributed by atoms with Crippen LogP contribution in [0.1, 0.15) is 48.1 Å². The molecule has 178 valence electrons. The van der Waals surface area contributed by atoms with Crippen molar-refractivity contribution in [3.05, 3.63) is 131 Å². The van der Waals surface area contributed by atoms with Gasteiger partial charge in [-0.3, -0.25) is 4.79 Å². The number of rotatable bonds is 5. The standard InChI is InChI=1S/C34H31NO/c1-34-23-11-10-18-31(34)32(35(33(34)36)24-26-14-6-3-7-15-26)30-22-20-27-16-8-9-17-28(27)29(30)21-19-25-12-4-2-5-13-25/h2-10,12-22,31-32H,11,23-24H2,1H3/b21-19+/t31-,32-,34+/m0/s1. The molecule has 36 heavy (non-hydrogen) atoms. The number of allylic oxidation sites excluding steroid dienone is 1. The zero-order valence-corrected chi connectivity index (χ0v) is 20.7. The molecular formula is C34H31NO. The van der Waals surface area contributed by atoms with Gasteiger partial charge in [-0.15, -0.1) is 0 Å². The second-order valence-electron chi connectivity index (χ2n) is 10.3. The van der Waals surface area contributed by atoms with Crippen LogP contribution in [0.5, 0.6) is 0 Å². The van der Waals surface area contributed by atoms with E-state index in [0.29, 0.717) is 6.54 Å². The molecule has 0 spiro atoms. The highest BCUT2D eigenvalue weighted by Gasteiger charge is 2.56. The van der Waals surface area contributed by atoms with E-state index in [-0.39, 0.29) is 23.3 Å². The van der Waals surface area contributed by atoms with Gasteiger partial charge in [-0.05, 0) is 45.9 Å². The Labute approximate surface area is 213 Å². The summed E-state index contributed by atoms with van der Waals surface area (Å²) in [4.78, 5) is 16.2. The van der Waals surface area contributed by atoms with Gasteiger partial charge in [0, 0.05) is 12.5 Å². The van der Waals surface area contributed by atoms with Gasteiger partial charge in [-0.25, -0.2) is 0 Å². The Morgan fingerprint density at radius 1 is 0.861 bits per heavy atom. The van der Waals surface area contributed by atoms with E-state index in [9.17, 15) is 4.79 Å². The molecule has 6 rings (SSSR count). The number of likely N-dealkylation sites (tertiary alicyclic amines) is 1. The lowest BCUT2D eigenvalue weighted by atomic mass is 9.69. The quantitative estimate of drug-likeness (QED) is 0.214. The number of benzene rings is 4. The molecule has 4 aromatic rings. The molecule has 0 saturated carbocycles. The maximum absolute atomic E-state index is 14.1. The first-order chi connectivity index (χ1) is 17.6. The zero-order valence-electron chi connectivity index (χ0n) is 20.7. The van der Waals surface area contributed by atoms with Crippen LogP contribution >= 0.6 is 0 Å². The Morgan fingerprint density at radius 2 is 1.58 bits per heavy atom. The number of amides is 1. The molecule has 3 atom stereocenters. The van der Waals surface area contributed by atoms with Crippen LogP contribution in [0.2, 0.25) is 0 Å². The minimum absolute atomic E-state index is 0.0146. The van der Waals surface area contributed by atoms with E-state index in [2.05, 4.69) is 121 Å². The number of hydrogen-bond acceptors (Lipinski definition) is 1. The van der Waals surface area contributed by atoms with E-state index in [1.165, 1.54) is 33.0 Å². The zero-order chi connectivity index (χ0) is 24.5. The van der Waals surface area contributed by atoms with Crippen molar-refractivity contribution < 1.29 is 4.79 Å². The Kier molecular flexibility index (Phi) is 5.81. The Balaban J connectivity index is 1.53. The van der Waals surface area contributed by atoms with Crippen molar-refractivity contribution in [1.82, 2.24) is 4.90 Å². The summed E-state index contributed by atoms with van der Waals surface area (Å²) in [5.74, 6) is 0.421. The van der Waals surface area contributed by atoms with E-state index in [1.54, 1.807) is 0 Å². The minimum Gasteiger partial charge on any atom is -0.330 e. The third-order valence-corrected chi connectivity index (χ3v) is 8.10. The van der Waals surface area contributed by atoms with Crippen LogP contribution in [0.4, 0.5) is 0 Å². The SMILES string of the molecule is C[C@@]12CCC=C[C@H]1[C@H](c1ccc3ccccc3c1/C=C/c1ccccc1)N(Cc1ccccc1)C2=O. The number of carbonyl (C=O) groups excluding carboxylic acids is 1. The highest BCUT2D eigenvalue weighted by Crippen LogP contribution is 2.55. The molecule has 0 bridgehead atoms. The second-order valence-corrected chi connectivity index (χ2v) is 10.3. The van der Waals surface area contributed by atoms with Gasteiger partial charge >= 0.3 is 0 Å². The van der Waals surface area contributed by atoms with Crippen LogP contribution in [0, 0.1) is 11.3 Å². The molecule has 1 heterocycles. The fourth-order valence-corrected chi connectivity index (χ4v) is 6.17. The predicted molar refractivity (Wildman–Crippen MR) is 149 cm³/mol. The first-order valence-electron chi connectivity index (χ1n) is 12.9. The van der Waals surface area contributed by atoms with Gasteiger partial charge in [-0.2, -0.15) is 0 Å². The van der Waals surface area contributed by atoms with Gasteiger partial charge in [-0.1, -0.05) is 128 Å². The summed E-state index contributed by atoms with van der Waals surface area (Å²) in [5.41, 5.74) is 4.40. The predicted octanol–water partition coefficient (Wildman–Crippen LogP) is 8.07. The number of hydrogen-bond donors (Lipinski definition) is 0. The number of carbonyl (C=O) groups is 1. The molecule has 2 nitrogen and oxygen atoms in total. The smallest absolute Gasteiger partial charge is 0.230 e. The molecule has 1 amide bonds. The lowest BCUT2D eigenvalue weighted by molar-refractivity contribution is -0.137. The van der Waals surface area contributed by atoms with Crippen molar-refractivity contribution in [2.45, 2.75) is 32.4 Å². The van der Waals surface area contributed by atoms with Gasteiger partial charge in [0.05, 0.1) is 11.5 Å². The lowest BCUT2D eigenvalue weighted by Gasteiger charge is -2.32. The number of nitrogens with zero attached hydrogens (tertiary/aromatic N) is 1. The Hall–Kier alpha value is -3.91. The summed E-state index contributed by atoms with van der Waals surface area (Å²) < 4.78 is 0. The topological polar surface area (TPSA) is 20.3 Å². The first kappa shape index (κ1) is 22.5. The molecule has 2 heteroatoms. The van der Waals surface area contributed by atoms with Crippen LogP contribution in [-0.2, 0) is 11.3 Å². The average molecular weight is 470 g/mol.